The molecule has 1 aromatic rings. The molecule has 0 aromatic carbocycles. The van der Waals surface area contributed by atoms with Crippen molar-refractivity contribution in [1.29, 1.82) is 0 Å². The van der Waals surface area contributed by atoms with Crippen molar-refractivity contribution in [3.05, 3.63) is 17.5 Å². The molecule has 1 heterocycles. The average molecular weight is 280 g/mol. The van der Waals surface area contributed by atoms with E-state index in [9.17, 15) is 0 Å². The molecule has 0 aliphatic carbocycles. The second-order valence-electron chi connectivity index (χ2n) is 5.84. The lowest BCUT2D eigenvalue weighted by Crippen LogP contribution is -2.58. The van der Waals surface area contributed by atoms with Gasteiger partial charge in [0.25, 0.3) is 0 Å². The monoisotopic (exact) mass is 280 g/mol. The predicted octanol–water partition coefficient (Wildman–Crippen LogP) is 2.46. The van der Waals surface area contributed by atoms with Crippen LogP contribution in [0.3, 0.4) is 0 Å². The standard InChI is InChI=1S/C16H32N4/c1-8-16(9-2,19(6)7)15(17-5)12-14-11-13(4)18-20(14)10-3/h11,15,17H,8-10,12H2,1-7H3. The van der Waals surface area contributed by atoms with E-state index in [1.54, 1.807) is 0 Å². The maximum Gasteiger partial charge on any atom is 0.0596 e. The quantitative estimate of drug-likeness (QED) is 0.794. The van der Waals surface area contributed by atoms with Crippen LogP contribution >= 0.6 is 0 Å². The van der Waals surface area contributed by atoms with Gasteiger partial charge in [0.1, 0.15) is 0 Å². The number of aryl methyl sites for hydroxylation is 2. The van der Waals surface area contributed by atoms with Crippen LogP contribution in [-0.2, 0) is 13.0 Å². The van der Waals surface area contributed by atoms with Crippen LogP contribution in [0.4, 0.5) is 0 Å². The van der Waals surface area contributed by atoms with Crippen LogP contribution < -0.4 is 5.32 Å². The van der Waals surface area contributed by atoms with E-state index < -0.39 is 0 Å². The number of nitrogens with zero attached hydrogens (tertiary/aromatic N) is 3. The van der Waals surface area contributed by atoms with Crippen LogP contribution in [0.5, 0.6) is 0 Å². The Labute approximate surface area is 124 Å². The van der Waals surface area contributed by atoms with Crippen molar-refractivity contribution in [3.8, 4) is 0 Å². The number of nitrogens with one attached hydrogen (secondary N) is 1. The molecule has 0 spiro atoms. The molecule has 0 amide bonds. The van der Waals surface area contributed by atoms with Crippen LogP contribution in [0.2, 0.25) is 0 Å². The maximum absolute atomic E-state index is 4.57. The van der Waals surface area contributed by atoms with E-state index in [2.05, 4.69) is 74.9 Å². The van der Waals surface area contributed by atoms with Gasteiger partial charge in [0.2, 0.25) is 0 Å². The summed E-state index contributed by atoms with van der Waals surface area (Å²) in [7, 11) is 6.47. The topological polar surface area (TPSA) is 33.1 Å². The van der Waals surface area contributed by atoms with E-state index in [-0.39, 0.29) is 5.54 Å². The lowest BCUT2D eigenvalue weighted by atomic mass is 9.81. The molecule has 116 valence electrons. The van der Waals surface area contributed by atoms with Gasteiger partial charge in [-0.2, -0.15) is 5.10 Å². The first kappa shape index (κ1) is 17.2. The number of hydrogen-bond donors (Lipinski definition) is 1. The van der Waals surface area contributed by atoms with Gasteiger partial charge < -0.3 is 10.2 Å². The molecule has 20 heavy (non-hydrogen) atoms. The van der Waals surface area contributed by atoms with Gasteiger partial charge >= 0.3 is 0 Å². The molecule has 1 atom stereocenters. The fraction of sp³-hybridized carbons (Fsp3) is 0.812. The largest absolute Gasteiger partial charge is 0.315 e. The van der Waals surface area contributed by atoms with Crippen LogP contribution in [0.25, 0.3) is 0 Å². The summed E-state index contributed by atoms with van der Waals surface area (Å²) in [4.78, 5) is 2.38. The molecular weight excluding hydrogens is 248 g/mol. The zero-order valence-electron chi connectivity index (χ0n) is 14.3. The molecule has 1 N–H and O–H groups in total. The van der Waals surface area contributed by atoms with Gasteiger partial charge in [-0.1, -0.05) is 13.8 Å². The van der Waals surface area contributed by atoms with Gasteiger partial charge in [0.05, 0.1) is 5.69 Å². The Morgan fingerprint density at radius 2 is 1.90 bits per heavy atom. The normalized spacial score (nSPS) is 14.0. The fourth-order valence-corrected chi connectivity index (χ4v) is 3.49. The molecule has 0 saturated carbocycles. The van der Waals surface area contributed by atoms with E-state index >= 15 is 0 Å². The second kappa shape index (κ2) is 7.23. The summed E-state index contributed by atoms with van der Waals surface area (Å²) < 4.78 is 2.13. The van der Waals surface area contributed by atoms with Crippen molar-refractivity contribution in [3.63, 3.8) is 0 Å². The summed E-state index contributed by atoms with van der Waals surface area (Å²) in [5.74, 6) is 0. The Balaban J connectivity index is 3.06. The number of aromatic nitrogens is 2. The summed E-state index contributed by atoms with van der Waals surface area (Å²) in [6.45, 7) is 9.74. The van der Waals surface area contributed by atoms with Crippen LogP contribution in [0, 0.1) is 6.92 Å². The molecule has 4 heteroatoms. The third-order valence-electron chi connectivity index (χ3n) is 4.81. The highest BCUT2D eigenvalue weighted by atomic mass is 15.3. The van der Waals surface area contributed by atoms with Crippen molar-refractivity contribution in [1.82, 2.24) is 20.0 Å². The Kier molecular flexibility index (Phi) is 6.21. The van der Waals surface area contributed by atoms with Gasteiger partial charge in [-0.25, -0.2) is 0 Å². The second-order valence-corrected chi connectivity index (χ2v) is 5.84. The Morgan fingerprint density at radius 3 is 2.30 bits per heavy atom. The Hall–Kier alpha value is -0.870. The molecule has 0 fully saturated rings. The van der Waals surface area contributed by atoms with Gasteiger partial charge in [-0.3, -0.25) is 4.68 Å². The minimum atomic E-state index is 0.186. The molecule has 4 nitrogen and oxygen atoms in total. The smallest absolute Gasteiger partial charge is 0.0596 e. The van der Waals surface area contributed by atoms with E-state index in [1.165, 1.54) is 5.69 Å². The van der Waals surface area contributed by atoms with E-state index in [0.717, 1.165) is 31.5 Å². The van der Waals surface area contributed by atoms with Crippen LogP contribution in [0.1, 0.15) is 45.0 Å². The van der Waals surface area contributed by atoms with Crippen LogP contribution in [-0.4, -0.2) is 47.4 Å². The first-order valence-corrected chi connectivity index (χ1v) is 7.83. The zero-order valence-corrected chi connectivity index (χ0v) is 14.3. The zero-order chi connectivity index (χ0) is 15.3. The fourth-order valence-electron chi connectivity index (χ4n) is 3.49. The highest BCUT2D eigenvalue weighted by Crippen LogP contribution is 2.28. The Bertz CT molecular complexity index is 405. The van der Waals surface area contributed by atoms with Gasteiger partial charge in [-0.15, -0.1) is 0 Å². The lowest BCUT2D eigenvalue weighted by Gasteiger charge is -2.45. The van der Waals surface area contributed by atoms with Crippen LogP contribution in [0.15, 0.2) is 6.07 Å². The number of likely N-dealkylation sites (N-methyl/N-ethyl adjacent to an activating group) is 2. The summed E-state index contributed by atoms with van der Waals surface area (Å²) in [5, 5.41) is 8.12. The minimum absolute atomic E-state index is 0.186. The molecule has 0 saturated heterocycles. The van der Waals surface area contributed by atoms with Crippen molar-refractivity contribution in [2.24, 2.45) is 0 Å². The first-order chi connectivity index (χ1) is 9.44. The summed E-state index contributed by atoms with van der Waals surface area (Å²) in [6, 6.07) is 2.65. The third kappa shape index (κ3) is 3.23. The summed E-state index contributed by atoms with van der Waals surface area (Å²) in [6.07, 6.45) is 3.30. The summed E-state index contributed by atoms with van der Waals surface area (Å²) >= 11 is 0. The van der Waals surface area contributed by atoms with E-state index in [0.29, 0.717) is 6.04 Å². The third-order valence-corrected chi connectivity index (χ3v) is 4.81. The molecule has 1 aromatic heterocycles. The van der Waals surface area contributed by atoms with E-state index in [1.807, 2.05) is 0 Å². The highest BCUT2D eigenvalue weighted by Gasteiger charge is 2.37. The molecule has 0 radical (unpaired) electrons. The van der Waals surface area contributed by atoms with Gasteiger partial charge in [-0.05, 0) is 53.9 Å². The van der Waals surface area contributed by atoms with Gasteiger partial charge in [0.15, 0.2) is 0 Å². The van der Waals surface area contributed by atoms with E-state index in [4.69, 9.17) is 0 Å². The van der Waals surface area contributed by atoms with Crippen molar-refractivity contribution >= 4 is 0 Å². The van der Waals surface area contributed by atoms with Crippen molar-refractivity contribution in [2.75, 3.05) is 21.1 Å². The Morgan fingerprint density at radius 1 is 1.30 bits per heavy atom. The maximum atomic E-state index is 4.57. The predicted molar refractivity (Wildman–Crippen MR) is 86.2 cm³/mol. The van der Waals surface area contributed by atoms with Gasteiger partial charge in [0, 0.05) is 30.2 Å². The molecule has 0 aliphatic heterocycles. The average Bonchev–Trinajstić information content (AvgIpc) is 2.79. The highest BCUT2D eigenvalue weighted by molar-refractivity contribution is 5.13. The molecular formula is C16H32N4. The first-order valence-electron chi connectivity index (χ1n) is 7.83. The SMILES string of the molecule is CCn1nc(C)cc1CC(NC)C(CC)(CC)N(C)C. The summed E-state index contributed by atoms with van der Waals surface area (Å²) in [5.41, 5.74) is 2.63. The minimum Gasteiger partial charge on any atom is -0.315 e. The molecule has 0 aliphatic rings. The van der Waals surface area contributed by atoms with Crippen molar-refractivity contribution in [2.45, 2.75) is 65.1 Å². The number of hydrogen-bond acceptors (Lipinski definition) is 3. The van der Waals surface area contributed by atoms with Crippen molar-refractivity contribution < 1.29 is 0 Å². The molecule has 1 unspecified atom stereocenters. The molecule has 0 bridgehead atoms. The lowest BCUT2D eigenvalue weighted by molar-refractivity contribution is 0.0908. The molecule has 1 rings (SSSR count). The number of rotatable bonds is 8.